The van der Waals surface area contributed by atoms with E-state index in [0.29, 0.717) is 9.54 Å². The Morgan fingerprint density at radius 3 is 2.07 bits per heavy atom. The smallest absolute Gasteiger partial charge is 1.00 e. The number of unbranched alkanes of at least 4 members (excludes halogenated alkanes) is 1. The normalized spacial score (nSPS) is 16.1. The molecule has 4 heteroatoms. The van der Waals surface area contributed by atoms with Gasteiger partial charge in [0.2, 0.25) is 0 Å². The van der Waals surface area contributed by atoms with E-state index in [0.717, 1.165) is 0 Å². The number of hydrogen-bond donors (Lipinski definition) is 0. The largest absolute Gasteiger partial charge is 1.00 e. The summed E-state index contributed by atoms with van der Waals surface area (Å²) in [6, 6.07) is 39.3. The molecule has 5 aromatic rings. The summed E-state index contributed by atoms with van der Waals surface area (Å²) in [6.07, 6.45) is 6.23. The summed E-state index contributed by atoms with van der Waals surface area (Å²) < 4.78 is 0.690. The van der Waals surface area contributed by atoms with Gasteiger partial charge in [0.25, 0.3) is 0 Å². The van der Waals surface area contributed by atoms with Crippen LogP contribution in [0.1, 0.15) is 63.5 Å². The third kappa shape index (κ3) is 5.35. The van der Waals surface area contributed by atoms with Crippen molar-refractivity contribution < 1.29 is 47.2 Å². The van der Waals surface area contributed by atoms with Gasteiger partial charge in [0.1, 0.15) is 0 Å². The van der Waals surface area contributed by atoms with Gasteiger partial charge in [-0.05, 0) is 0 Å². The van der Waals surface area contributed by atoms with Crippen LogP contribution in [0.4, 0.5) is 0 Å². The second kappa shape index (κ2) is 13.2. The van der Waals surface area contributed by atoms with Gasteiger partial charge in [-0.3, -0.25) is 0 Å². The number of benzene rings is 5. The van der Waals surface area contributed by atoms with Crippen molar-refractivity contribution in [2.24, 2.45) is 0 Å². The second-order valence-corrected chi connectivity index (χ2v) is 26.8. The molecule has 0 spiro atoms. The fourth-order valence-electron chi connectivity index (χ4n) is 7.17. The van der Waals surface area contributed by atoms with Gasteiger partial charge in [-0.1, -0.05) is 0 Å². The number of allylic oxidation sites excluding steroid dienone is 1. The van der Waals surface area contributed by atoms with Gasteiger partial charge in [0.15, 0.2) is 0 Å². The van der Waals surface area contributed by atoms with Gasteiger partial charge in [0, 0.05) is 0 Å². The van der Waals surface area contributed by atoms with Crippen LogP contribution >= 0.6 is 0 Å². The minimum atomic E-state index is -0.615. The first-order chi connectivity index (χ1) is 19.7. The van der Waals surface area contributed by atoms with Gasteiger partial charge < -0.3 is 24.8 Å². The van der Waals surface area contributed by atoms with E-state index in [1.165, 1.54) is 63.4 Å². The fourth-order valence-corrected chi connectivity index (χ4v) is 17.1. The van der Waals surface area contributed by atoms with E-state index in [1.807, 2.05) is 0 Å². The number of halogens is 2. The van der Waals surface area contributed by atoms with Crippen LogP contribution in [-0.4, -0.2) is 5.92 Å². The molecule has 0 aromatic heterocycles. The molecule has 210 valence electrons. The molecular weight excluding hydrogens is 647 g/mol. The fraction of sp³-hybridized carbons (Fsp3) is 0.211. The van der Waals surface area contributed by atoms with Crippen molar-refractivity contribution in [3.63, 3.8) is 0 Å². The van der Waals surface area contributed by atoms with Gasteiger partial charge in [-0.2, -0.15) is 0 Å². The summed E-state index contributed by atoms with van der Waals surface area (Å²) in [5.41, 5.74) is 15.2. The molecule has 0 bridgehead atoms. The van der Waals surface area contributed by atoms with Crippen molar-refractivity contribution >= 4 is 22.8 Å². The third-order valence-electron chi connectivity index (χ3n) is 8.85. The van der Waals surface area contributed by atoms with Crippen molar-refractivity contribution in [1.82, 2.24) is 0 Å². The molecule has 2 atom stereocenters. The van der Waals surface area contributed by atoms with Crippen LogP contribution in [0.5, 0.6) is 0 Å². The quantitative estimate of drug-likeness (QED) is 0.224. The van der Waals surface area contributed by atoms with Gasteiger partial charge in [-0.25, -0.2) is 0 Å². The van der Waals surface area contributed by atoms with E-state index in [-0.39, 0.29) is 24.8 Å². The molecule has 0 radical (unpaired) electrons. The monoisotopic (exact) mass is 680 g/mol. The Hall–Kier alpha value is -2.22. The zero-order chi connectivity index (χ0) is 27.2. The maximum atomic E-state index is 2.59. The Kier molecular flexibility index (Phi) is 9.80. The van der Waals surface area contributed by atoms with Gasteiger partial charge in [-0.15, -0.1) is 0 Å². The first kappa shape index (κ1) is 31.2. The molecule has 42 heavy (non-hydrogen) atoms. The summed E-state index contributed by atoms with van der Waals surface area (Å²) >= 11 is -0.548. The summed E-state index contributed by atoms with van der Waals surface area (Å²) in [4.78, 5) is 0. The van der Waals surface area contributed by atoms with Crippen LogP contribution in [0.2, 0.25) is 13.1 Å². The minimum absolute atomic E-state index is 0. The van der Waals surface area contributed by atoms with E-state index in [4.69, 9.17) is 0 Å². The second-order valence-electron chi connectivity index (χ2n) is 11.7. The van der Waals surface area contributed by atoms with E-state index >= 15 is 0 Å². The Labute approximate surface area is 275 Å². The molecule has 2 aliphatic carbocycles. The zero-order valence-electron chi connectivity index (χ0n) is 24.5. The van der Waals surface area contributed by atoms with Crippen LogP contribution < -0.4 is 24.8 Å². The Balaban J connectivity index is 0.00000176. The molecule has 0 fully saturated rings. The predicted octanol–water partition coefficient (Wildman–Crippen LogP) is 4.37. The van der Waals surface area contributed by atoms with Crippen molar-refractivity contribution in [2.75, 3.05) is 0 Å². The first-order valence-corrected chi connectivity index (χ1v) is 23.5. The van der Waals surface area contributed by atoms with Crippen LogP contribution in [0.15, 0.2) is 109 Å². The van der Waals surface area contributed by atoms with Crippen molar-refractivity contribution in [3.05, 3.63) is 137 Å². The summed E-state index contributed by atoms with van der Waals surface area (Å²) in [6.45, 7) is 7.50. The van der Waals surface area contributed by atoms with Crippen LogP contribution in [0.25, 0.3) is 39.1 Å². The Morgan fingerprint density at radius 1 is 0.643 bits per heavy atom. The number of hydrogen-bond acceptors (Lipinski definition) is 0. The first-order valence-electron chi connectivity index (χ1n) is 15.0. The van der Waals surface area contributed by atoms with Crippen LogP contribution in [-0.2, 0) is 22.4 Å². The SMILES string of the molecule is CCCCC1=Cc2c(-c3cccc4ccccc34)cccc2C1c1cccc2c1[CH]([Zr+2][SiH](C)C)c1ccccc1-2.[Cl-].[Cl-]. The van der Waals surface area contributed by atoms with Crippen LogP contribution in [0, 0.1) is 0 Å². The molecule has 5 aromatic carbocycles. The average molecular weight is 683 g/mol. The van der Waals surface area contributed by atoms with E-state index < -0.39 is 28.3 Å². The Bertz CT molecular complexity index is 1770. The van der Waals surface area contributed by atoms with Gasteiger partial charge >= 0.3 is 253 Å². The molecule has 0 saturated carbocycles. The summed E-state index contributed by atoms with van der Waals surface area (Å²) in [7, 11) is 0. The van der Waals surface area contributed by atoms with E-state index in [9.17, 15) is 0 Å². The third-order valence-corrected chi connectivity index (χ3v) is 18.7. The summed E-state index contributed by atoms with van der Waals surface area (Å²) in [5.74, 6) is -0.257. The predicted molar refractivity (Wildman–Crippen MR) is 171 cm³/mol. The molecule has 0 N–H and O–H groups in total. The maximum Gasteiger partial charge on any atom is -1.00 e. The molecule has 2 aliphatic rings. The van der Waals surface area contributed by atoms with Crippen molar-refractivity contribution in [3.8, 4) is 22.3 Å². The molecule has 0 nitrogen and oxygen atoms in total. The summed E-state index contributed by atoms with van der Waals surface area (Å²) in [5, 5.41) is 2.66. The van der Waals surface area contributed by atoms with Gasteiger partial charge in [0.05, 0.1) is 0 Å². The number of rotatable bonds is 7. The van der Waals surface area contributed by atoms with E-state index in [1.54, 1.807) is 22.3 Å². The molecule has 0 amide bonds. The van der Waals surface area contributed by atoms with Crippen molar-refractivity contribution in [1.29, 1.82) is 0 Å². The number of fused-ring (bicyclic) bond motifs is 5. The Morgan fingerprint density at radius 2 is 1.26 bits per heavy atom. The molecule has 0 aliphatic heterocycles. The molecule has 7 rings (SSSR count). The van der Waals surface area contributed by atoms with E-state index in [2.05, 4.69) is 129 Å². The minimum Gasteiger partial charge on any atom is -1.00 e. The molecule has 2 unspecified atom stereocenters. The topological polar surface area (TPSA) is 0 Å². The molecule has 0 saturated heterocycles. The van der Waals surface area contributed by atoms with Crippen molar-refractivity contribution in [2.45, 2.75) is 48.8 Å². The molecule has 0 heterocycles. The standard InChI is InChI=1S/C36H29.C2H7Si.2ClH.Zr/c1-2-3-11-26-23-35-31(29-17-8-14-24-12-4-6-15-27(24)29)19-10-21-33(35)36(26)32-20-9-18-30-28-16-7-5-13-25(28)22-34(30)32;1-3-2;;;/h4-10,12-23,36H,2-3,11H2,1H3;3H,1-2H3;2*1H;/q;;;;+2/p-2. The molecular formula is C38H36Cl2SiZr. The van der Waals surface area contributed by atoms with Crippen LogP contribution in [0.3, 0.4) is 0 Å². The maximum absolute atomic E-state index is 2.59. The average Bonchev–Trinajstić information content (AvgIpc) is 3.51. The zero-order valence-corrected chi connectivity index (χ0v) is 29.6.